The summed E-state index contributed by atoms with van der Waals surface area (Å²) in [6.07, 6.45) is 0.963. The van der Waals surface area contributed by atoms with Gasteiger partial charge in [-0.15, -0.1) is 11.8 Å². The third-order valence-corrected chi connectivity index (χ3v) is 5.68. The van der Waals surface area contributed by atoms with Crippen molar-refractivity contribution in [2.75, 3.05) is 29.4 Å². The molecule has 2 aliphatic rings. The molecule has 0 unspecified atom stereocenters. The molecule has 118 valence electrons. The first kappa shape index (κ1) is 14.6. The summed E-state index contributed by atoms with van der Waals surface area (Å²) in [5.41, 5.74) is 3.56. The molecule has 4 rings (SSSR count). The Morgan fingerprint density at radius 1 is 1.13 bits per heavy atom. The van der Waals surface area contributed by atoms with E-state index in [1.54, 1.807) is 0 Å². The van der Waals surface area contributed by atoms with Gasteiger partial charge in [0.1, 0.15) is 0 Å². The summed E-state index contributed by atoms with van der Waals surface area (Å²) in [7, 11) is 0. The summed E-state index contributed by atoms with van der Waals surface area (Å²) in [4.78, 5) is 18.3. The first-order chi connectivity index (χ1) is 11.2. The molecule has 2 aromatic rings. The van der Waals surface area contributed by atoms with E-state index in [0.717, 1.165) is 25.2 Å². The van der Waals surface area contributed by atoms with E-state index in [9.17, 15) is 4.79 Å². The fourth-order valence-corrected chi connectivity index (χ4v) is 4.64. The molecule has 3 nitrogen and oxygen atoms in total. The van der Waals surface area contributed by atoms with Gasteiger partial charge in [0, 0.05) is 28.9 Å². The summed E-state index contributed by atoms with van der Waals surface area (Å²) in [5.74, 6) is 0.198. The minimum atomic E-state index is 0.198. The highest BCUT2D eigenvalue weighted by atomic mass is 32.2. The van der Waals surface area contributed by atoms with Crippen molar-refractivity contribution in [1.82, 2.24) is 0 Å². The minimum Gasteiger partial charge on any atom is -0.360 e. The maximum absolute atomic E-state index is 12.9. The van der Waals surface area contributed by atoms with Gasteiger partial charge >= 0.3 is 0 Å². The van der Waals surface area contributed by atoms with Crippen molar-refractivity contribution in [1.29, 1.82) is 0 Å². The number of para-hydroxylation sites is 2. The molecule has 0 fully saturated rings. The number of thioether (sulfide) groups is 1. The SMILES string of the molecule is C[C@@H]1CN(CC(=O)N2CCc3ccccc32)c2ccccc2S1. The molecule has 0 aromatic heterocycles. The van der Waals surface area contributed by atoms with E-state index in [-0.39, 0.29) is 5.91 Å². The molecular formula is C19H20N2OS. The van der Waals surface area contributed by atoms with Crippen molar-refractivity contribution < 1.29 is 4.79 Å². The molecule has 0 bridgehead atoms. The van der Waals surface area contributed by atoms with E-state index in [2.05, 4.69) is 48.2 Å². The lowest BCUT2D eigenvalue weighted by Gasteiger charge is -2.34. The van der Waals surface area contributed by atoms with Gasteiger partial charge in [0.2, 0.25) is 5.91 Å². The Labute approximate surface area is 141 Å². The van der Waals surface area contributed by atoms with E-state index >= 15 is 0 Å². The number of hydrogen-bond acceptors (Lipinski definition) is 3. The molecular weight excluding hydrogens is 304 g/mol. The van der Waals surface area contributed by atoms with Gasteiger partial charge in [-0.1, -0.05) is 37.3 Å². The highest BCUT2D eigenvalue weighted by Gasteiger charge is 2.28. The van der Waals surface area contributed by atoms with Crippen LogP contribution in [0.25, 0.3) is 0 Å². The normalized spacial score (nSPS) is 19.4. The smallest absolute Gasteiger partial charge is 0.246 e. The highest BCUT2D eigenvalue weighted by molar-refractivity contribution is 8.00. The molecule has 0 aliphatic carbocycles. The summed E-state index contributed by atoms with van der Waals surface area (Å²) >= 11 is 1.90. The van der Waals surface area contributed by atoms with Crippen LogP contribution in [-0.4, -0.2) is 30.8 Å². The number of rotatable bonds is 2. The molecule has 0 N–H and O–H groups in total. The molecule has 4 heteroatoms. The molecule has 1 amide bonds. The van der Waals surface area contributed by atoms with Crippen LogP contribution < -0.4 is 9.80 Å². The predicted molar refractivity (Wildman–Crippen MR) is 96.5 cm³/mol. The van der Waals surface area contributed by atoms with Gasteiger partial charge in [-0.05, 0) is 30.2 Å². The number of amides is 1. The number of carbonyl (C=O) groups excluding carboxylic acids is 1. The van der Waals surface area contributed by atoms with Gasteiger partial charge in [0.05, 0.1) is 12.2 Å². The molecule has 2 aromatic carbocycles. The monoisotopic (exact) mass is 324 g/mol. The molecule has 0 spiro atoms. The first-order valence-electron chi connectivity index (χ1n) is 8.11. The summed E-state index contributed by atoms with van der Waals surface area (Å²) in [6, 6.07) is 16.6. The summed E-state index contributed by atoms with van der Waals surface area (Å²) < 4.78 is 0. The van der Waals surface area contributed by atoms with E-state index in [1.807, 2.05) is 28.8 Å². The van der Waals surface area contributed by atoms with Crippen LogP contribution in [0, 0.1) is 0 Å². The average Bonchev–Trinajstić information content (AvgIpc) is 2.99. The quantitative estimate of drug-likeness (QED) is 0.844. The Balaban J connectivity index is 1.56. The fourth-order valence-electron chi connectivity index (χ4n) is 3.48. The molecule has 23 heavy (non-hydrogen) atoms. The number of hydrogen-bond donors (Lipinski definition) is 0. The Hall–Kier alpha value is -1.94. The molecule has 1 atom stereocenters. The van der Waals surface area contributed by atoms with Gasteiger partial charge in [-0.3, -0.25) is 4.79 Å². The molecule has 0 radical (unpaired) electrons. The van der Waals surface area contributed by atoms with Crippen molar-refractivity contribution in [3.63, 3.8) is 0 Å². The second kappa shape index (κ2) is 5.93. The van der Waals surface area contributed by atoms with Crippen LogP contribution in [0.2, 0.25) is 0 Å². The zero-order chi connectivity index (χ0) is 15.8. The van der Waals surface area contributed by atoms with Gasteiger partial charge in [-0.2, -0.15) is 0 Å². The Kier molecular flexibility index (Phi) is 3.77. The number of nitrogens with zero attached hydrogens (tertiary/aromatic N) is 2. The molecule has 2 heterocycles. The zero-order valence-electron chi connectivity index (χ0n) is 13.2. The van der Waals surface area contributed by atoms with Gasteiger partial charge in [0.15, 0.2) is 0 Å². The minimum absolute atomic E-state index is 0.198. The van der Waals surface area contributed by atoms with Crippen molar-refractivity contribution in [2.24, 2.45) is 0 Å². The van der Waals surface area contributed by atoms with Crippen LogP contribution in [0.4, 0.5) is 11.4 Å². The number of fused-ring (bicyclic) bond motifs is 2. The zero-order valence-corrected chi connectivity index (χ0v) is 14.1. The fraction of sp³-hybridized carbons (Fsp3) is 0.316. The Morgan fingerprint density at radius 2 is 1.87 bits per heavy atom. The number of anilines is 2. The third-order valence-electron chi connectivity index (χ3n) is 4.53. The van der Waals surface area contributed by atoms with Gasteiger partial charge in [-0.25, -0.2) is 0 Å². The van der Waals surface area contributed by atoms with Gasteiger partial charge < -0.3 is 9.80 Å². The first-order valence-corrected chi connectivity index (χ1v) is 8.99. The third kappa shape index (κ3) is 2.72. The predicted octanol–water partition coefficient (Wildman–Crippen LogP) is 3.58. The Morgan fingerprint density at radius 3 is 2.74 bits per heavy atom. The second-order valence-corrected chi connectivity index (χ2v) is 7.68. The van der Waals surface area contributed by atoms with Crippen LogP contribution in [-0.2, 0) is 11.2 Å². The van der Waals surface area contributed by atoms with Gasteiger partial charge in [0.25, 0.3) is 0 Å². The lowest BCUT2D eigenvalue weighted by atomic mass is 10.2. The van der Waals surface area contributed by atoms with Crippen LogP contribution in [0.15, 0.2) is 53.4 Å². The summed E-state index contributed by atoms with van der Waals surface area (Å²) in [6.45, 7) is 4.40. The van der Waals surface area contributed by atoms with E-state index in [4.69, 9.17) is 0 Å². The highest BCUT2D eigenvalue weighted by Crippen LogP contribution is 2.38. The maximum atomic E-state index is 12.9. The van der Waals surface area contributed by atoms with Crippen molar-refractivity contribution in [2.45, 2.75) is 23.5 Å². The van der Waals surface area contributed by atoms with Crippen molar-refractivity contribution in [3.05, 3.63) is 54.1 Å². The number of carbonyl (C=O) groups is 1. The standard InChI is InChI=1S/C19H20N2OS/c1-14-12-20(17-8-4-5-9-18(17)23-14)13-19(22)21-11-10-15-6-2-3-7-16(15)21/h2-9,14H,10-13H2,1H3/t14-/m1/s1. The lowest BCUT2D eigenvalue weighted by Crippen LogP contribution is -2.43. The van der Waals surface area contributed by atoms with Crippen LogP contribution >= 0.6 is 11.8 Å². The second-order valence-electron chi connectivity index (χ2n) is 6.20. The van der Waals surface area contributed by atoms with Crippen LogP contribution in [0.3, 0.4) is 0 Å². The van der Waals surface area contributed by atoms with E-state index in [1.165, 1.54) is 16.1 Å². The average molecular weight is 324 g/mol. The Bertz CT molecular complexity index is 746. The van der Waals surface area contributed by atoms with Crippen molar-refractivity contribution in [3.8, 4) is 0 Å². The summed E-state index contributed by atoms with van der Waals surface area (Å²) in [5, 5.41) is 0.503. The molecule has 2 aliphatic heterocycles. The number of benzene rings is 2. The van der Waals surface area contributed by atoms with E-state index < -0.39 is 0 Å². The van der Waals surface area contributed by atoms with Crippen molar-refractivity contribution >= 4 is 29.0 Å². The topological polar surface area (TPSA) is 23.6 Å². The van der Waals surface area contributed by atoms with Crippen LogP contribution in [0.5, 0.6) is 0 Å². The van der Waals surface area contributed by atoms with Crippen LogP contribution in [0.1, 0.15) is 12.5 Å². The lowest BCUT2D eigenvalue weighted by molar-refractivity contribution is -0.117. The maximum Gasteiger partial charge on any atom is 0.246 e. The molecule has 0 saturated carbocycles. The van der Waals surface area contributed by atoms with E-state index in [0.29, 0.717) is 11.8 Å². The largest absolute Gasteiger partial charge is 0.360 e. The molecule has 0 saturated heterocycles.